The van der Waals surface area contributed by atoms with Gasteiger partial charge in [-0.25, -0.2) is 4.79 Å². The maximum absolute atomic E-state index is 12.1. The summed E-state index contributed by atoms with van der Waals surface area (Å²) >= 11 is 1.39. The minimum absolute atomic E-state index is 0.0121. The molecule has 0 spiro atoms. The molecular weight excluding hydrogens is 322 g/mol. The third kappa shape index (κ3) is 3.41. The van der Waals surface area contributed by atoms with Gasteiger partial charge >= 0.3 is 5.63 Å². The standard InChI is InChI=1S/C19H19NO3S/c1-19(2,3)13-6-7-15-14(10-13)12(9-17(21)23-15)11-20-18(22)16-5-4-8-24-16/h4-10H,11H2,1-3H3,(H,20,22). The van der Waals surface area contributed by atoms with Crippen molar-refractivity contribution in [3.05, 3.63) is 68.2 Å². The van der Waals surface area contributed by atoms with Gasteiger partial charge in [0.25, 0.3) is 5.91 Å². The van der Waals surface area contributed by atoms with Gasteiger partial charge in [0.1, 0.15) is 5.58 Å². The zero-order chi connectivity index (χ0) is 17.3. The Hall–Kier alpha value is -2.40. The van der Waals surface area contributed by atoms with E-state index < -0.39 is 5.63 Å². The summed E-state index contributed by atoms with van der Waals surface area (Å²) in [6.45, 7) is 6.68. The molecule has 2 aromatic heterocycles. The van der Waals surface area contributed by atoms with Gasteiger partial charge in [-0.2, -0.15) is 0 Å². The number of benzene rings is 1. The monoisotopic (exact) mass is 341 g/mol. The van der Waals surface area contributed by atoms with Crippen LogP contribution in [0.15, 0.2) is 51.0 Å². The van der Waals surface area contributed by atoms with Crippen LogP contribution in [0.4, 0.5) is 0 Å². The van der Waals surface area contributed by atoms with Gasteiger partial charge in [0.2, 0.25) is 0 Å². The predicted octanol–water partition coefficient (Wildman–Crippen LogP) is 4.08. The summed E-state index contributed by atoms with van der Waals surface area (Å²) in [6.07, 6.45) is 0. The number of rotatable bonds is 3. The van der Waals surface area contributed by atoms with Gasteiger partial charge < -0.3 is 9.73 Å². The highest BCUT2D eigenvalue weighted by molar-refractivity contribution is 7.12. The lowest BCUT2D eigenvalue weighted by Gasteiger charge is -2.19. The van der Waals surface area contributed by atoms with Crippen molar-refractivity contribution < 1.29 is 9.21 Å². The Bertz CT molecular complexity index is 933. The van der Waals surface area contributed by atoms with Crippen LogP contribution < -0.4 is 10.9 Å². The molecule has 1 aromatic carbocycles. The molecule has 0 aliphatic heterocycles. The Morgan fingerprint density at radius 1 is 1.21 bits per heavy atom. The van der Waals surface area contributed by atoms with Crippen LogP contribution in [0.3, 0.4) is 0 Å². The first kappa shape index (κ1) is 16.5. The molecule has 0 atom stereocenters. The number of fused-ring (bicyclic) bond motifs is 1. The first-order chi connectivity index (χ1) is 11.3. The highest BCUT2D eigenvalue weighted by Gasteiger charge is 2.16. The number of hydrogen-bond acceptors (Lipinski definition) is 4. The maximum Gasteiger partial charge on any atom is 0.336 e. The number of amides is 1. The number of thiophene rings is 1. The second-order valence-electron chi connectivity index (χ2n) is 6.71. The molecule has 0 unspecified atom stereocenters. The van der Waals surface area contributed by atoms with E-state index in [1.165, 1.54) is 17.4 Å². The summed E-state index contributed by atoms with van der Waals surface area (Å²) in [5.41, 5.74) is 2.02. The molecule has 1 N–H and O–H groups in total. The number of carbonyl (C=O) groups is 1. The van der Waals surface area contributed by atoms with Crippen molar-refractivity contribution in [1.29, 1.82) is 0 Å². The van der Waals surface area contributed by atoms with Gasteiger partial charge in [-0.05, 0) is 40.1 Å². The Balaban J connectivity index is 1.96. The predicted molar refractivity (Wildman–Crippen MR) is 96.7 cm³/mol. The summed E-state index contributed by atoms with van der Waals surface area (Å²) in [6, 6.07) is 10.9. The second kappa shape index (κ2) is 6.24. The van der Waals surface area contributed by atoms with E-state index in [-0.39, 0.29) is 17.9 Å². The Labute approximate surface area is 144 Å². The molecular formula is C19H19NO3S. The summed E-state index contributed by atoms with van der Waals surface area (Å²) in [4.78, 5) is 24.6. The summed E-state index contributed by atoms with van der Waals surface area (Å²) in [5.74, 6) is -0.140. The van der Waals surface area contributed by atoms with Crippen LogP contribution in [0.1, 0.15) is 41.6 Å². The van der Waals surface area contributed by atoms with Crippen LogP contribution in [-0.4, -0.2) is 5.91 Å². The topological polar surface area (TPSA) is 59.3 Å². The van der Waals surface area contributed by atoms with Gasteiger partial charge in [0.05, 0.1) is 4.88 Å². The zero-order valence-corrected chi connectivity index (χ0v) is 14.7. The third-order valence-corrected chi connectivity index (χ3v) is 4.75. The summed E-state index contributed by atoms with van der Waals surface area (Å²) in [5, 5.41) is 5.58. The Kier molecular flexibility index (Phi) is 4.28. The summed E-state index contributed by atoms with van der Waals surface area (Å²) < 4.78 is 5.28. The van der Waals surface area contributed by atoms with E-state index in [9.17, 15) is 9.59 Å². The fourth-order valence-corrected chi connectivity index (χ4v) is 3.15. The number of hydrogen-bond donors (Lipinski definition) is 1. The average molecular weight is 341 g/mol. The highest BCUT2D eigenvalue weighted by Crippen LogP contribution is 2.27. The number of carbonyl (C=O) groups excluding carboxylic acids is 1. The van der Waals surface area contributed by atoms with Gasteiger partial charge in [0.15, 0.2) is 0 Å². The molecule has 1 amide bonds. The van der Waals surface area contributed by atoms with Crippen LogP contribution >= 0.6 is 11.3 Å². The fraction of sp³-hybridized carbons (Fsp3) is 0.263. The normalized spacial score (nSPS) is 11.6. The SMILES string of the molecule is CC(C)(C)c1ccc2oc(=O)cc(CNC(=O)c3cccs3)c2c1. The molecule has 0 aliphatic carbocycles. The number of nitrogens with one attached hydrogen (secondary N) is 1. The van der Waals surface area contributed by atoms with E-state index >= 15 is 0 Å². The molecule has 0 bridgehead atoms. The largest absolute Gasteiger partial charge is 0.423 e. The second-order valence-corrected chi connectivity index (χ2v) is 7.66. The van der Waals surface area contributed by atoms with E-state index in [4.69, 9.17) is 4.42 Å². The van der Waals surface area contributed by atoms with Crippen molar-refractivity contribution in [1.82, 2.24) is 5.32 Å². The molecule has 0 fully saturated rings. The fourth-order valence-electron chi connectivity index (χ4n) is 2.51. The quantitative estimate of drug-likeness (QED) is 0.730. The van der Waals surface area contributed by atoms with E-state index in [1.54, 1.807) is 6.07 Å². The Morgan fingerprint density at radius 2 is 2.00 bits per heavy atom. The molecule has 0 radical (unpaired) electrons. The summed E-state index contributed by atoms with van der Waals surface area (Å²) in [7, 11) is 0. The third-order valence-electron chi connectivity index (χ3n) is 3.88. The Morgan fingerprint density at radius 3 is 2.67 bits per heavy atom. The van der Waals surface area contributed by atoms with Crippen LogP contribution in [-0.2, 0) is 12.0 Å². The molecule has 2 heterocycles. The van der Waals surface area contributed by atoms with E-state index in [2.05, 4.69) is 26.1 Å². The molecule has 0 aliphatic rings. The first-order valence-electron chi connectivity index (χ1n) is 7.73. The van der Waals surface area contributed by atoms with Crippen LogP contribution in [0.2, 0.25) is 0 Å². The van der Waals surface area contributed by atoms with Gasteiger partial charge in [0, 0.05) is 18.0 Å². The van der Waals surface area contributed by atoms with Gasteiger partial charge in [-0.1, -0.05) is 32.9 Å². The minimum Gasteiger partial charge on any atom is -0.423 e. The van der Waals surface area contributed by atoms with Crippen LogP contribution in [0.25, 0.3) is 11.0 Å². The molecule has 5 heteroatoms. The lowest BCUT2D eigenvalue weighted by atomic mass is 9.86. The lowest BCUT2D eigenvalue weighted by molar-refractivity contribution is 0.0955. The van der Waals surface area contributed by atoms with Crippen molar-refractivity contribution >= 4 is 28.2 Å². The zero-order valence-electron chi connectivity index (χ0n) is 13.9. The van der Waals surface area contributed by atoms with Crippen LogP contribution in [0, 0.1) is 0 Å². The van der Waals surface area contributed by atoms with Crippen molar-refractivity contribution in [2.75, 3.05) is 0 Å². The maximum atomic E-state index is 12.1. The van der Waals surface area contributed by atoms with Gasteiger partial charge in [-0.3, -0.25) is 4.79 Å². The molecule has 24 heavy (non-hydrogen) atoms. The molecule has 3 rings (SSSR count). The average Bonchev–Trinajstić information content (AvgIpc) is 3.05. The van der Waals surface area contributed by atoms with E-state index in [0.29, 0.717) is 10.5 Å². The first-order valence-corrected chi connectivity index (χ1v) is 8.61. The van der Waals surface area contributed by atoms with Crippen molar-refractivity contribution in [2.45, 2.75) is 32.7 Å². The van der Waals surface area contributed by atoms with Crippen molar-refractivity contribution in [3.8, 4) is 0 Å². The van der Waals surface area contributed by atoms with Crippen molar-refractivity contribution in [2.24, 2.45) is 0 Å². The minimum atomic E-state index is -0.411. The molecule has 0 saturated heterocycles. The highest BCUT2D eigenvalue weighted by atomic mass is 32.1. The lowest BCUT2D eigenvalue weighted by Crippen LogP contribution is -2.22. The van der Waals surface area contributed by atoms with Gasteiger partial charge in [-0.15, -0.1) is 11.3 Å². The van der Waals surface area contributed by atoms with Crippen molar-refractivity contribution in [3.63, 3.8) is 0 Å². The van der Waals surface area contributed by atoms with E-state index in [0.717, 1.165) is 16.5 Å². The smallest absolute Gasteiger partial charge is 0.336 e. The molecule has 3 aromatic rings. The molecule has 124 valence electrons. The van der Waals surface area contributed by atoms with E-state index in [1.807, 2.05) is 29.6 Å². The molecule has 0 saturated carbocycles. The van der Waals surface area contributed by atoms with Crippen LogP contribution in [0.5, 0.6) is 0 Å². The molecule has 4 nitrogen and oxygen atoms in total.